The van der Waals surface area contributed by atoms with Crippen LogP contribution in [0.3, 0.4) is 0 Å². The van der Waals surface area contributed by atoms with Gasteiger partial charge in [0, 0.05) is 20.0 Å². The fourth-order valence-electron chi connectivity index (χ4n) is 3.96. The third-order valence-corrected chi connectivity index (χ3v) is 5.54. The molecule has 158 valence electrons. The Kier molecular flexibility index (Phi) is 5.25. The van der Waals surface area contributed by atoms with Crippen molar-refractivity contribution in [3.8, 4) is 0 Å². The number of carbonyl (C=O) groups is 1. The molecule has 0 saturated heterocycles. The quantitative estimate of drug-likeness (QED) is 0.380. The predicted molar refractivity (Wildman–Crippen MR) is 129 cm³/mol. The summed E-state index contributed by atoms with van der Waals surface area (Å²) in [5, 5.41) is 15.6. The van der Waals surface area contributed by atoms with Crippen LogP contribution >= 0.6 is 0 Å². The summed E-state index contributed by atoms with van der Waals surface area (Å²) in [5.74, 6) is 0.635. The molecule has 0 unspecified atom stereocenters. The topological polar surface area (TPSA) is 71.8 Å². The Bertz CT molecular complexity index is 1410. The first-order chi connectivity index (χ1) is 15.7. The maximum atomic E-state index is 12.1. The molecule has 0 amide bonds. The van der Waals surface area contributed by atoms with E-state index in [1.807, 2.05) is 36.4 Å². The number of carbonyl (C=O) groups excluding carboxylic acids is 1. The maximum Gasteiger partial charge on any atom is 0.247 e. The zero-order valence-corrected chi connectivity index (χ0v) is 17.7. The van der Waals surface area contributed by atoms with Gasteiger partial charge in [0.1, 0.15) is 0 Å². The Balaban J connectivity index is 1.36. The highest BCUT2D eigenvalue weighted by atomic mass is 16.2. The zero-order chi connectivity index (χ0) is 21.9. The van der Waals surface area contributed by atoms with Gasteiger partial charge in [-0.15, -0.1) is 5.10 Å². The van der Waals surface area contributed by atoms with Gasteiger partial charge in [-0.25, -0.2) is 0 Å². The lowest BCUT2D eigenvalue weighted by atomic mass is 10.0. The Morgan fingerprint density at radius 3 is 1.88 bits per heavy atom. The molecule has 0 saturated carbocycles. The van der Waals surface area contributed by atoms with Crippen LogP contribution in [0.4, 0.5) is 11.9 Å². The zero-order valence-electron chi connectivity index (χ0n) is 17.7. The van der Waals surface area contributed by atoms with Gasteiger partial charge in [-0.2, -0.15) is 9.67 Å². The van der Waals surface area contributed by atoms with E-state index < -0.39 is 0 Å². The molecule has 0 aliphatic rings. The average molecular weight is 422 g/mol. The molecule has 2 N–H and O–H groups in total. The second-order valence-electron chi connectivity index (χ2n) is 7.67. The largest absolute Gasteiger partial charge is 0.350 e. The lowest BCUT2D eigenvalue weighted by Gasteiger charge is -2.08. The van der Waals surface area contributed by atoms with Crippen LogP contribution < -0.4 is 10.6 Å². The van der Waals surface area contributed by atoms with Crippen molar-refractivity contribution in [1.29, 1.82) is 0 Å². The van der Waals surface area contributed by atoms with Crippen LogP contribution in [0.15, 0.2) is 84.9 Å². The van der Waals surface area contributed by atoms with Crippen LogP contribution in [0.5, 0.6) is 0 Å². The van der Waals surface area contributed by atoms with Gasteiger partial charge in [0.2, 0.25) is 17.8 Å². The molecule has 4 aromatic carbocycles. The lowest BCUT2D eigenvalue weighted by Crippen LogP contribution is -2.13. The summed E-state index contributed by atoms with van der Waals surface area (Å²) in [7, 11) is 0. The van der Waals surface area contributed by atoms with Crippen molar-refractivity contribution in [1.82, 2.24) is 14.8 Å². The molecule has 0 atom stereocenters. The fraction of sp³-hybridized carbons (Fsp3) is 0.115. The summed E-state index contributed by atoms with van der Waals surface area (Å²) in [4.78, 5) is 16.7. The minimum Gasteiger partial charge on any atom is -0.350 e. The van der Waals surface area contributed by atoms with Crippen molar-refractivity contribution in [2.24, 2.45) is 0 Å². The lowest BCUT2D eigenvalue weighted by molar-refractivity contribution is 0.0924. The molecule has 1 aromatic heterocycles. The summed E-state index contributed by atoms with van der Waals surface area (Å²) >= 11 is 0. The molecule has 1 heterocycles. The Labute approximate surface area is 185 Å². The molecule has 6 heteroatoms. The highest BCUT2D eigenvalue weighted by molar-refractivity contribution is 5.86. The molecule has 0 spiro atoms. The van der Waals surface area contributed by atoms with E-state index in [1.54, 1.807) is 0 Å². The Morgan fingerprint density at radius 1 is 0.750 bits per heavy atom. The van der Waals surface area contributed by atoms with Gasteiger partial charge >= 0.3 is 0 Å². The SMILES string of the molecule is CC(=O)n1nc(NCc2cccc3ccccc23)nc1NCc1cccc2ccccc12. The summed E-state index contributed by atoms with van der Waals surface area (Å²) in [6.07, 6.45) is 0. The summed E-state index contributed by atoms with van der Waals surface area (Å²) < 4.78 is 1.30. The molecule has 6 nitrogen and oxygen atoms in total. The van der Waals surface area contributed by atoms with Gasteiger partial charge in [-0.1, -0.05) is 84.9 Å². The van der Waals surface area contributed by atoms with Crippen molar-refractivity contribution >= 4 is 39.3 Å². The number of anilines is 2. The van der Waals surface area contributed by atoms with E-state index in [4.69, 9.17) is 0 Å². The second kappa shape index (κ2) is 8.51. The van der Waals surface area contributed by atoms with Gasteiger partial charge < -0.3 is 10.6 Å². The number of rotatable bonds is 6. The molecule has 0 fully saturated rings. The number of fused-ring (bicyclic) bond motifs is 2. The van der Waals surface area contributed by atoms with Crippen LogP contribution in [0.25, 0.3) is 21.5 Å². The van der Waals surface area contributed by atoms with Crippen LogP contribution in [0.1, 0.15) is 22.8 Å². The van der Waals surface area contributed by atoms with Crippen LogP contribution in [0.2, 0.25) is 0 Å². The van der Waals surface area contributed by atoms with Crippen LogP contribution in [-0.4, -0.2) is 20.7 Å². The van der Waals surface area contributed by atoms with E-state index in [1.165, 1.54) is 33.2 Å². The van der Waals surface area contributed by atoms with E-state index in [2.05, 4.69) is 69.2 Å². The van der Waals surface area contributed by atoms with Crippen molar-refractivity contribution in [3.63, 3.8) is 0 Å². The molecule has 0 bridgehead atoms. The number of nitrogens with zero attached hydrogens (tertiary/aromatic N) is 3. The summed E-state index contributed by atoms with van der Waals surface area (Å²) in [5.41, 5.74) is 2.28. The Hall–Kier alpha value is -4.19. The van der Waals surface area contributed by atoms with Crippen LogP contribution in [0, 0.1) is 0 Å². The molecule has 0 radical (unpaired) electrons. The highest BCUT2D eigenvalue weighted by Crippen LogP contribution is 2.21. The number of aromatic nitrogens is 3. The van der Waals surface area contributed by atoms with Gasteiger partial charge in [0.15, 0.2) is 0 Å². The minimum absolute atomic E-state index is 0.198. The average Bonchev–Trinajstić information content (AvgIpc) is 3.25. The molecular weight excluding hydrogens is 398 g/mol. The molecule has 0 aliphatic carbocycles. The van der Waals surface area contributed by atoms with Crippen molar-refractivity contribution in [2.75, 3.05) is 10.6 Å². The van der Waals surface area contributed by atoms with Gasteiger partial charge in [-0.3, -0.25) is 4.79 Å². The van der Waals surface area contributed by atoms with E-state index in [0.717, 1.165) is 11.1 Å². The standard InChI is InChI=1S/C26H23N5O/c1-18(32)31-26(28-17-22-13-7-11-20-9-3-5-15-24(20)22)29-25(30-31)27-16-21-12-6-10-19-8-2-4-14-23(19)21/h2-15H,16-17H2,1H3,(H2,27,28,29,30). The van der Waals surface area contributed by atoms with E-state index in [9.17, 15) is 4.79 Å². The molecule has 32 heavy (non-hydrogen) atoms. The van der Waals surface area contributed by atoms with E-state index >= 15 is 0 Å². The smallest absolute Gasteiger partial charge is 0.247 e. The summed E-state index contributed by atoms with van der Waals surface area (Å²) in [6, 6.07) is 28.9. The van der Waals surface area contributed by atoms with Gasteiger partial charge in [-0.05, 0) is 32.7 Å². The normalized spacial score (nSPS) is 11.0. The molecule has 5 rings (SSSR count). The second-order valence-corrected chi connectivity index (χ2v) is 7.67. The van der Waals surface area contributed by atoms with Gasteiger partial charge in [0.05, 0.1) is 0 Å². The predicted octanol–water partition coefficient (Wildman–Crippen LogP) is 5.47. The minimum atomic E-state index is -0.198. The van der Waals surface area contributed by atoms with Crippen molar-refractivity contribution < 1.29 is 4.79 Å². The fourth-order valence-corrected chi connectivity index (χ4v) is 3.96. The first-order valence-corrected chi connectivity index (χ1v) is 10.6. The summed E-state index contributed by atoms with van der Waals surface area (Å²) in [6.45, 7) is 2.58. The number of benzene rings is 4. The molecule has 5 aromatic rings. The third kappa shape index (κ3) is 3.90. The molecular formula is C26H23N5O. The third-order valence-electron chi connectivity index (χ3n) is 5.54. The van der Waals surface area contributed by atoms with Crippen LogP contribution in [-0.2, 0) is 13.1 Å². The molecule has 0 aliphatic heterocycles. The number of hydrogen-bond donors (Lipinski definition) is 2. The van der Waals surface area contributed by atoms with Crippen molar-refractivity contribution in [3.05, 3.63) is 96.1 Å². The number of nitrogens with one attached hydrogen (secondary N) is 2. The van der Waals surface area contributed by atoms with Crippen molar-refractivity contribution in [2.45, 2.75) is 20.0 Å². The van der Waals surface area contributed by atoms with E-state index in [0.29, 0.717) is 25.0 Å². The Morgan fingerprint density at radius 2 is 1.28 bits per heavy atom. The number of hydrogen-bond acceptors (Lipinski definition) is 5. The first kappa shape index (κ1) is 19.8. The monoisotopic (exact) mass is 421 g/mol. The highest BCUT2D eigenvalue weighted by Gasteiger charge is 2.14. The van der Waals surface area contributed by atoms with Gasteiger partial charge in [0.25, 0.3) is 0 Å². The maximum absolute atomic E-state index is 12.1. The first-order valence-electron chi connectivity index (χ1n) is 10.6. The van der Waals surface area contributed by atoms with E-state index in [-0.39, 0.29) is 5.91 Å².